The zero-order valence-electron chi connectivity index (χ0n) is 16.9. The average Bonchev–Trinajstić information content (AvgIpc) is 3.27. The molecule has 0 saturated heterocycles. The fraction of sp³-hybridized carbons (Fsp3) is 0.273. The van der Waals surface area contributed by atoms with Crippen LogP contribution in [0.3, 0.4) is 0 Å². The molecular weight excluding hydrogens is 464 g/mol. The molecular formula is C22H23BrN4O4. The summed E-state index contributed by atoms with van der Waals surface area (Å²) in [4.78, 5) is 20.2. The number of carbonyl (C=O) groups is 1. The summed E-state index contributed by atoms with van der Waals surface area (Å²) in [7, 11) is 1.83. The van der Waals surface area contributed by atoms with Gasteiger partial charge in [0.2, 0.25) is 0 Å². The fourth-order valence-electron chi connectivity index (χ4n) is 3.61. The molecule has 2 heterocycles. The van der Waals surface area contributed by atoms with E-state index in [0.717, 1.165) is 27.0 Å². The van der Waals surface area contributed by atoms with Crippen LogP contribution in [0.4, 0.5) is 11.4 Å². The number of likely N-dealkylation sites (N-methyl/N-ethyl adjacent to an activating group) is 1. The molecule has 2 aromatic rings. The van der Waals surface area contributed by atoms with Crippen molar-refractivity contribution in [1.29, 1.82) is 0 Å². The van der Waals surface area contributed by atoms with E-state index in [1.807, 2.05) is 54.4 Å². The van der Waals surface area contributed by atoms with Crippen LogP contribution in [0, 0.1) is 0 Å². The van der Waals surface area contributed by atoms with Gasteiger partial charge in [0.05, 0.1) is 24.0 Å². The second-order valence-corrected chi connectivity index (χ2v) is 8.35. The maximum atomic E-state index is 12.8. The molecule has 0 spiro atoms. The lowest BCUT2D eigenvalue weighted by Crippen LogP contribution is -2.33. The van der Waals surface area contributed by atoms with Gasteiger partial charge in [0.25, 0.3) is 5.91 Å². The smallest absolute Gasteiger partial charge is 0.258 e. The van der Waals surface area contributed by atoms with Crippen molar-refractivity contribution >= 4 is 44.5 Å². The molecule has 0 aromatic heterocycles. The van der Waals surface area contributed by atoms with E-state index in [1.54, 1.807) is 0 Å². The number of carbonyl (C=O) groups excluding carboxylic acids is 1. The van der Waals surface area contributed by atoms with Gasteiger partial charge in [-0.15, -0.1) is 0 Å². The first kappa shape index (κ1) is 21.5. The Morgan fingerprint density at radius 3 is 2.74 bits per heavy atom. The number of allylic oxidation sites excluding steroid dienone is 1. The Kier molecular flexibility index (Phi) is 6.38. The Morgan fingerprint density at radius 1 is 1.16 bits per heavy atom. The van der Waals surface area contributed by atoms with Crippen LogP contribution >= 0.6 is 15.9 Å². The molecule has 9 heteroatoms. The standard InChI is InChI=1S/C22H23BrN4O4/c1-27(11-14(29)12-28)8-9-31-26-20-15-4-2-3-5-17(15)24-21(20)19-16-10-13(23)6-7-18(16)25-22(19)30/h2-7,10,14,24,28-29H,8-9,11-12H2,1H3,(H,25,30)/b21-19-,26-20+. The lowest BCUT2D eigenvalue weighted by Gasteiger charge is -2.18. The summed E-state index contributed by atoms with van der Waals surface area (Å²) in [5, 5.41) is 29.1. The summed E-state index contributed by atoms with van der Waals surface area (Å²) in [5.74, 6) is -0.200. The van der Waals surface area contributed by atoms with Gasteiger partial charge in [-0.2, -0.15) is 0 Å². The van der Waals surface area contributed by atoms with E-state index in [4.69, 9.17) is 9.94 Å². The van der Waals surface area contributed by atoms with Gasteiger partial charge >= 0.3 is 0 Å². The Labute approximate surface area is 188 Å². The largest absolute Gasteiger partial charge is 0.394 e. The minimum Gasteiger partial charge on any atom is -0.394 e. The number of anilines is 2. The molecule has 0 bridgehead atoms. The number of hydrogen-bond donors (Lipinski definition) is 4. The first-order valence-corrected chi connectivity index (χ1v) is 10.7. The summed E-state index contributed by atoms with van der Waals surface area (Å²) in [5.41, 5.74) is 4.92. The summed E-state index contributed by atoms with van der Waals surface area (Å²) in [6.45, 7) is 0.858. The van der Waals surface area contributed by atoms with E-state index in [0.29, 0.717) is 30.1 Å². The van der Waals surface area contributed by atoms with Crippen LogP contribution in [0.2, 0.25) is 0 Å². The van der Waals surface area contributed by atoms with Gasteiger partial charge in [-0.25, -0.2) is 0 Å². The van der Waals surface area contributed by atoms with Crippen molar-refractivity contribution < 1.29 is 19.8 Å². The Morgan fingerprint density at radius 2 is 1.94 bits per heavy atom. The van der Waals surface area contributed by atoms with Crippen molar-refractivity contribution in [3.63, 3.8) is 0 Å². The van der Waals surface area contributed by atoms with E-state index >= 15 is 0 Å². The van der Waals surface area contributed by atoms with E-state index in [9.17, 15) is 9.90 Å². The van der Waals surface area contributed by atoms with E-state index in [2.05, 4.69) is 31.7 Å². The minimum absolute atomic E-state index is 0.200. The van der Waals surface area contributed by atoms with Crippen molar-refractivity contribution in [2.75, 3.05) is 44.0 Å². The van der Waals surface area contributed by atoms with E-state index in [1.165, 1.54) is 0 Å². The number of amides is 1. The van der Waals surface area contributed by atoms with Gasteiger partial charge in [0.1, 0.15) is 12.3 Å². The average molecular weight is 487 g/mol. The Hall–Kier alpha value is -2.72. The molecule has 0 fully saturated rings. The number of para-hydroxylation sites is 1. The summed E-state index contributed by atoms with van der Waals surface area (Å²) >= 11 is 3.48. The maximum absolute atomic E-state index is 12.8. The number of fused-ring (bicyclic) bond motifs is 2. The molecule has 2 aliphatic heterocycles. The normalized spacial score (nSPS) is 19.3. The molecule has 162 valence electrons. The van der Waals surface area contributed by atoms with Crippen molar-refractivity contribution in [2.24, 2.45) is 5.16 Å². The van der Waals surface area contributed by atoms with Gasteiger partial charge in [-0.1, -0.05) is 39.3 Å². The predicted molar refractivity (Wildman–Crippen MR) is 123 cm³/mol. The van der Waals surface area contributed by atoms with Crippen LogP contribution in [-0.2, 0) is 9.63 Å². The van der Waals surface area contributed by atoms with Crippen molar-refractivity contribution in [2.45, 2.75) is 6.10 Å². The van der Waals surface area contributed by atoms with Crippen molar-refractivity contribution in [3.05, 3.63) is 63.8 Å². The molecule has 0 radical (unpaired) electrons. The molecule has 8 nitrogen and oxygen atoms in total. The molecule has 0 saturated carbocycles. The topological polar surface area (TPSA) is 106 Å². The molecule has 0 aliphatic carbocycles. The third-order valence-electron chi connectivity index (χ3n) is 5.11. The van der Waals surface area contributed by atoms with Crippen molar-refractivity contribution in [1.82, 2.24) is 4.90 Å². The first-order valence-electron chi connectivity index (χ1n) is 9.87. The van der Waals surface area contributed by atoms with Crippen LogP contribution in [0.5, 0.6) is 0 Å². The van der Waals surface area contributed by atoms with Crippen molar-refractivity contribution in [3.8, 4) is 0 Å². The maximum Gasteiger partial charge on any atom is 0.258 e. The number of nitrogens with zero attached hydrogens (tertiary/aromatic N) is 2. The molecule has 2 aliphatic rings. The minimum atomic E-state index is -0.793. The third-order valence-corrected chi connectivity index (χ3v) is 5.60. The molecule has 2 aromatic carbocycles. The molecule has 1 amide bonds. The monoisotopic (exact) mass is 486 g/mol. The summed E-state index contributed by atoms with van der Waals surface area (Å²) in [6, 6.07) is 13.3. The quantitative estimate of drug-likeness (QED) is 0.271. The fourth-order valence-corrected chi connectivity index (χ4v) is 3.97. The van der Waals surface area contributed by atoms with Crippen LogP contribution in [-0.4, -0.2) is 66.2 Å². The van der Waals surface area contributed by atoms with E-state index < -0.39 is 6.10 Å². The van der Waals surface area contributed by atoms with Crippen LogP contribution < -0.4 is 10.6 Å². The zero-order valence-corrected chi connectivity index (χ0v) is 18.5. The second-order valence-electron chi connectivity index (χ2n) is 7.44. The molecule has 1 atom stereocenters. The second kappa shape index (κ2) is 9.19. The SMILES string of the molecule is CN(CCO/N=C1/C(=C2/C(=O)Nc3ccc(Br)cc32)Nc2ccccc21)CC(O)CO. The van der Waals surface area contributed by atoms with Crippen LogP contribution in [0.25, 0.3) is 5.57 Å². The highest BCUT2D eigenvalue weighted by molar-refractivity contribution is 9.10. The van der Waals surface area contributed by atoms with Gasteiger partial charge in [-0.3, -0.25) is 4.79 Å². The van der Waals surface area contributed by atoms with Crippen LogP contribution in [0.1, 0.15) is 11.1 Å². The Balaban J connectivity index is 1.62. The molecule has 1 unspecified atom stereocenters. The van der Waals surface area contributed by atoms with E-state index in [-0.39, 0.29) is 19.1 Å². The highest BCUT2D eigenvalue weighted by Gasteiger charge is 2.34. The predicted octanol–water partition coefficient (Wildman–Crippen LogP) is 2.24. The zero-order chi connectivity index (χ0) is 22.0. The molecule has 31 heavy (non-hydrogen) atoms. The highest BCUT2D eigenvalue weighted by Crippen LogP contribution is 2.40. The summed E-state index contributed by atoms with van der Waals surface area (Å²) in [6.07, 6.45) is -0.793. The van der Waals surface area contributed by atoms with Gasteiger partial charge in [0, 0.05) is 40.1 Å². The van der Waals surface area contributed by atoms with Gasteiger partial charge < -0.3 is 30.6 Å². The molecule has 4 rings (SSSR count). The lowest BCUT2D eigenvalue weighted by atomic mass is 10.0. The number of benzene rings is 2. The number of rotatable bonds is 7. The first-order chi connectivity index (χ1) is 15.0. The number of aliphatic hydroxyl groups excluding tert-OH is 2. The Bertz CT molecular complexity index is 1070. The summed E-state index contributed by atoms with van der Waals surface area (Å²) < 4.78 is 0.874. The number of halogens is 1. The van der Waals surface area contributed by atoms with Gasteiger partial charge in [0.15, 0.2) is 0 Å². The third kappa shape index (κ3) is 4.49. The number of nitrogens with one attached hydrogen (secondary N) is 2. The van der Waals surface area contributed by atoms with Gasteiger partial charge in [-0.05, 0) is 31.3 Å². The number of aliphatic hydroxyl groups is 2. The highest BCUT2D eigenvalue weighted by atomic mass is 79.9. The lowest BCUT2D eigenvalue weighted by molar-refractivity contribution is -0.110. The van der Waals surface area contributed by atoms with Crippen LogP contribution in [0.15, 0.2) is 57.8 Å². The number of hydrogen-bond acceptors (Lipinski definition) is 7. The number of oxime groups is 1. The molecule has 4 N–H and O–H groups in total.